The van der Waals surface area contributed by atoms with Gasteiger partial charge in [-0.1, -0.05) is 15.9 Å². The zero-order valence-electron chi connectivity index (χ0n) is 5.33. The van der Waals surface area contributed by atoms with Crippen LogP contribution in [0.1, 0.15) is 0 Å². The standard InChI is InChI=1S/C6H7BrN2O/c7-2-4-9-5-8-3-1-6(9)10/h1,3,5H,2,4H2. The number of hydrogen-bond acceptors (Lipinski definition) is 2. The maximum Gasteiger partial charge on any atom is 0.253 e. The zero-order chi connectivity index (χ0) is 7.40. The molecule has 0 amide bonds. The first-order chi connectivity index (χ1) is 4.84. The Morgan fingerprint density at radius 1 is 1.70 bits per heavy atom. The summed E-state index contributed by atoms with van der Waals surface area (Å²) in [7, 11) is 0. The molecule has 4 heteroatoms. The van der Waals surface area contributed by atoms with Crippen molar-refractivity contribution < 1.29 is 0 Å². The molecule has 0 saturated carbocycles. The molecular formula is C6H7BrN2O. The van der Waals surface area contributed by atoms with E-state index in [1.165, 1.54) is 18.6 Å². The fourth-order valence-electron chi connectivity index (χ4n) is 0.637. The van der Waals surface area contributed by atoms with E-state index in [4.69, 9.17) is 0 Å². The Balaban J connectivity index is 2.92. The summed E-state index contributed by atoms with van der Waals surface area (Å²) in [6, 6.07) is 1.45. The van der Waals surface area contributed by atoms with Crippen LogP contribution in [-0.2, 0) is 6.54 Å². The lowest BCUT2D eigenvalue weighted by Gasteiger charge is -1.97. The van der Waals surface area contributed by atoms with Crippen LogP contribution in [0.25, 0.3) is 0 Å². The zero-order valence-corrected chi connectivity index (χ0v) is 6.91. The lowest BCUT2D eigenvalue weighted by Crippen LogP contribution is -2.19. The second-order valence-corrected chi connectivity index (χ2v) is 2.59. The van der Waals surface area contributed by atoms with E-state index >= 15 is 0 Å². The molecular weight excluding hydrogens is 196 g/mol. The molecule has 0 saturated heterocycles. The van der Waals surface area contributed by atoms with Crippen LogP contribution in [0, 0.1) is 0 Å². The lowest BCUT2D eigenvalue weighted by molar-refractivity contribution is 0.717. The number of hydrogen-bond donors (Lipinski definition) is 0. The monoisotopic (exact) mass is 202 g/mol. The SMILES string of the molecule is O=c1ccncn1CCBr. The van der Waals surface area contributed by atoms with E-state index in [1.807, 2.05) is 0 Å². The average molecular weight is 203 g/mol. The Morgan fingerprint density at radius 2 is 2.50 bits per heavy atom. The van der Waals surface area contributed by atoms with Crippen molar-refractivity contribution in [2.45, 2.75) is 6.54 Å². The van der Waals surface area contributed by atoms with E-state index < -0.39 is 0 Å². The third-order valence-corrected chi connectivity index (χ3v) is 1.47. The molecule has 0 aliphatic rings. The van der Waals surface area contributed by atoms with Crippen LogP contribution in [-0.4, -0.2) is 14.9 Å². The molecule has 0 N–H and O–H groups in total. The molecule has 0 aliphatic carbocycles. The molecule has 3 nitrogen and oxygen atoms in total. The second-order valence-electron chi connectivity index (χ2n) is 1.80. The Bertz CT molecular complexity index is 258. The Hall–Kier alpha value is -0.640. The fraction of sp³-hybridized carbons (Fsp3) is 0.333. The first-order valence-corrected chi connectivity index (χ1v) is 4.03. The molecule has 10 heavy (non-hydrogen) atoms. The Kier molecular flexibility index (Phi) is 2.62. The number of alkyl halides is 1. The first kappa shape index (κ1) is 7.47. The van der Waals surface area contributed by atoms with Gasteiger partial charge in [0.05, 0.1) is 6.33 Å². The molecule has 0 spiro atoms. The van der Waals surface area contributed by atoms with Crippen molar-refractivity contribution in [2.75, 3.05) is 5.33 Å². The quantitative estimate of drug-likeness (QED) is 0.661. The summed E-state index contributed by atoms with van der Waals surface area (Å²) in [6.07, 6.45) is 3.02. The number of rotatable bonds is 2. The van der Waals surface area contributed by atoms with Crippen LogP contribution in [0.3, 0.4) is 0 Å². The van der Waals surface area contributed by atoms with Crippen LogP contribution < -0.4 is 5.56 Å². The number of aromatic nitrogens is 2. The summed E-state index contributed by atoms with van der Waals surface area (Å²) in [5.41, 5.74) is -0.00514. The van der Waals surface area contributed by atoms with E-state index in [-0.39, 0.29) is 5.56 Å². The molecule has 0 aromatic carbocycles. The van der Waals surface area contributed by atoms with Gasteiger partial charge in [0.1, 0.15) is 0 Å². The Labute approximate surface area is 66.8 Å². The minimum atomic E-state index is -0.00514. The molecule has 0 radical (unpaired) electrons. The highest BCUT2D eigenvalue weighted by atomic mass is 79.9. The molecule has 1 aromatic rings. The van der Waals surface area contributed by atoms with Gasteiger partial charge in [0, 0.05) is 24.1 Å². The van der Waals surface area contributed by atoms with E-state index in [2.05, 4.69) is 20.9 Å². The van der Waals surface area contributed by atoms with Crippen molar-refractivity contribution in [3.05, 3.63) is 28.9 Å². The van der Waals surface area contributed by atoms with Gasteiger partial charge < -0.3 is 0 Å². The molecule has 0 bridgehead atoms. The summed E-state index contributed by atoms with van der Waals surface area (Å²) in [6.45, 7) is 0.673. The third-order valence-electron chi connectivity index (χ3n) is 1.12. The van der Waals surface area contributed by atoms with Crippen molar-refractivity contribution in [3.63, 3.8) is 0 Å². The van der Waals surface area contributed by atoms with Crippen molar-refractivity contribution >= 4 is 15.9 Å². The first-order valence-electron chi connectivity index (χ1n) is 2.91. The fourth-order valence-corrected chi connectivity index (χ4v) is 1.02. The van der Waals surface area contributed by atoms with Gasteiger partial charge in [0.2, 0.25) is 0 Å². The van der Waals surface area contributed by atoms with Gasteiger partial charge >= 0.3 is 0 Å². The van der Waals surface area contributed by atoms with Crippen LogP contribution in [0.2, 0.25) is 0 Å². The highest BCUT2D eigenvalue weighted by Gasteiger charge is 1.89. The van der Waals surface area contributed by atoms with Crippen LogP contribution in [0.15, 0.2) is 23.4 Å². The Morgan fingerprint density at radius 3 is 3.10 bits per heavy atom. The van der Waals surface area contributed by atoms with Crippen molar-refractivity contribution in [2.24, 2.45) is 0 Å². The summed E-state index contributed by atoms with van der Waals surface area (Å²) in [5.74, 6) is 0. The van der Waals surface area contributed by atoms with Crippen molar-refractivity contribution in [1.82, 2.24) is 9.55 Å². The van der Waals surface area contributed by atoms with Crippen molar-refractivity contribution in [3.8, 4) is 0 Å². The molecule has 1 rings (SSSR count). The van der Waals surface area contributed by atoms with Gasteiger partial charge in [-0.2, -0.15) is 0 Å². The smallest absolute Gasteiger partial charge is 0.253 e. The summed E-state index contributed by atoms with van der Waals surface area (Å²) >= 11 is 3.23. The van der Waals surface area contributed by atoms with Gasteiger partial charge in [-0.25, -0.2) is 4.98 Å². The van der Waals surface area contributed by atoms with Gasteiger partial charge in [-0.05, 0) is 0 Å². The predicted octanol–water partition coefficient (Wildman–Crippen LogP) is 0.638. The maximum absolute atomic E-state index is 10.9. The largest absolute Gasteiger partial charge is 0.298 e. The van der Waals surface area contributed by atoms with E-state index in [0.29, 0.717) is 6.54 Å². The number of halogens is 1. The van der Waals surface area contributed by atoms with Crippen LogP contribution in [0.5, 0.6) is 0 Å². The van der Waals surface area contributed by atoms with Crippen LogP contribution in [0.4, 0.5) is 0 Å². The maximum atomic E-state index is 10.9. The number of nitrogens with zero attached hydrogens (tertiary/aromatic N) is 2. The topological polar surface area (TPSA) is 34.9 Å². The van der Waals surface area contributed by atoms with Gasteiger partial charge in [0.25, 0.3) is 5.56 Å². The third kappa shape index (κ3) is 1.67. The molecule has 0 atom stereocenters. The normalized spacial score (nSPS) is 9.70. The predicted molar refractivity (Wildman–Crippen MR) is 42.3 cm³/mol. The average Bonchev–Trinajstić information content (AvgIpc) is 1.94. The molecule has 1 aromatic heterocycles. The lowest BCUT2D eigenvalue weighted by atomic mass is 10.6. The summed E-state index contributed by atoms with van der Waals surface area (Å²) in [5, 5.41) is 0.776. The molecule has 0 aliphatic heterocycles. The van der Waals surface area contributed by atoms with Crippen molar-refractivity contribution in [1.29, 1.82) is 0 Å². The minimum Gasteiger partial charge on any atom is -0.298 e. The summed E-state index contributed by atoms with van der Waals surface area (Å²) < 4.78 is 1.55. The minimum absolute atomic E-state index is 0.00514. The second kappa shape index (κ2) is 3.51. The van der Waals surface area contributed by atoms with Gasteiger partial charge in [0.15, 0.2) is 0 Å². The number of aryl methyl sites for hydroxylation is 1. The molecule has 1 heterocycles. The molecule has 54 valence electrons. The van der Waals surface area contributed by atoms with E-state index in [1.54, 1.807) is 4.57 Å². The molecule has 0 unspecified atom stereocenters. The van der Waals surface area contributed by atoms with Gasteiger partial charge in [-0.3, -0.25) is 9.36 Å². The van der Waals surface area contributed by atoms with E-state index in [9.17, 15) is 4.79 Å². The van der Waals surface area contributed by atoms with Gasteiger partial charge in [-0.15, -0.1) is 0 Å². The summed E-state index contributed by atoms with van der Waals surface area (Å²) in [4.78, 5) is 14.7. The molecule has 0 fully saturated rings. The van der Waals surface area contributed by atoms with Crippen LogP contribution >= 0.6 is 15.9 Å². The highest BCUT2D eigenvalue weighted by Crippen LogP contribution is 1.83. The van der Waals surface area contributed by atoms with E-state index in [0.717, 1.165) is 5.33 Å². The highest BCUT2D eigenvalue weighted by molar-refractivity contribution is 9.09.